The van der Waals surface area contributed by atoms with Gasteiger partial charge in [0.05, 0.1) is 0 Å². The average Bonchev–Trinajstić information content (AvgIpc) is 2.50. The molecule has 1 fully saturated rings. The molecule has 20 heavy (non-hydrogen) atoms. The molecular weight excluding hydrogens is 248 g/mol. The van der Waals surface area contributed by atoms with E-state index in [0.29, 0.717) is 6.54 Å². The van der Waals surface area contributed by atoms with E-state index in [1.807, 2.05) is 24.3 Å². The van der Waals surface area contributed by atoms with E-state index >= 15 is 0 Å². The van der Waals surface area contributed by atoms with Crippen LogP contribution in [0.1, 0.15) is 38.2 Å². The summed E-state index contributed by atoms with van der Waals surface area (Å²) in [5.41, 5.74) is 6.77. The van der Waals surface area contributed by atoms with Crippen molar-refractivity contribution in [3.8, 4) is 5.75 Å². The van der Waals surface area contributed by atoms with E-state index in [4.69, 9.17) is 10.5 Å². The lowest BCUT2D eigenvalue weighted by Crippen LogP contribution is -2.36. The third-order valence-electron chi connectivity index (χ3n) is 4.21. The van der Waals surface area contributed by atoms with Crippen molar-refractivity contribution in [2.75, 3.05) is 26.2 Å². The molecular formula is C17H28N2O. The molecule has 1 aliphatic rings. The Hall–Kier alpha value is -1.06. The predicted octanol–water partition coefficient (Wildman–Crippen LogP) is 3.04. The molecule has 1 aromatic rings. The lowest BCUT2D eigenvalue weighted by atomic mass is 9.92. The summed E-state index contributed by atoms with van der Waals surface area (Å²) in [6.07, 6.45) is 5.44. The van der Waals surface area contributed by atoms with E-state index in [1.165, 1.54) is 38.8 Å². The number of benzene rings is 1. The van der Waals surface area contributed by atoms with Gasteiger partial charge in [0.15, 0.2) is 0 Å². The van der Waals surface area contributed by atoms with Crippen LogP contribution in [0, 0.1) is 5.92 Å². The second-order valence-electron chi connectivity index (χ2n) is 5.77. The number of piperidine rings is 1. The number of nitrogens with two attached hydrogens (primary N) is 1. The fourth-order valence-electron chi connectivity index (χ4n) is 2.96. The number of ether oxygens (including phenoxy) is 1. The van der Waals surface area contributed by atoms with Crippen LogP contribution in [0.15, 0.2) is 24.3 Å². The van der Waals surface area contributed by atoms with Gasteiger partial charge in [0.25, 0.3) is 0 Å². The summed E-state index contributed by atoms with van der Waals surface area (Å²) in [6.45, 7) is 7.13. The minimum absolute atomic E-state index is 0.572. The zero-order valence-corrected chi connectivity index (χ0v) is 12.7. The molecule has 1 saturated heterocycles. The topological polar surface area (TPSA) is 38.5 Å². The van der Waals surface area contributed by atoms with E-state index in [0.717, 1.165) is 30.4 Å². The Labute approximate surface area is 123 Å². The molecule has 0 atom stereocenters. The van der Waals surface area contributed by atoms with Gasteiger partial charge >= 0.3 is 0 Å². The molecule has 0 saturated carbocycles. The Kier molecular flexibility index (Phi) is 6.34. The number of rotatable bonds is 7. The minimum Gasteiger partial charge on any atom is -0.492 e. The van der Waals surface area contributed by atoms with Crippen LogP contribution in [0.5, 0.6) is 5.75 Å². The zero-order chi connectivity index (χ0) is 14.2. The Balaban J connectivity index is 1.66. The SMILES string of the molecule is CCCC1CCN(CCOc2cccc(CN)c2)CC1. The summed E-state index contributed by atoms with van der Waals surface area (Å²) in [6, 6.07) is 8.08. The number of hydrogen-bond acceptors (Lipinski definition) is 3. The maximum absolute atomic E-state index is 5.83. The van der Waals surface area contributed by atoms with Gasteiger partial charge in [-0.3, -0.25) is 4.90 Å². The molecule has 0 spiro atoms. The van der Waals surface area contributed by atoms with Crippen LogP contribution in [0.25, 0.3) is 0 Å². The Bertz CT molecular complexity index is 386. The minimum atomic E-state index is 0.572. The van der Waals surface area contributed by atoms with E-state index in [9.17, 15) is 0 Å². The van der Waals surface area contributed by atoms with Crippen molar-refractivity contribution in [2.24, 2.45) is 11.7 Å². The maximum Gasteiger partial charge on any atom is 0.119 e. The largest absolute Gasteiger partial charge is 0.492 e. The van der Waals surface area contributed by atoms with Crippen LogP contribution in [0.4, 0.5) is 0 Å². The molecule has 2 rings (SSSR count). The molecule has 112 valence electrons. The van der Waals surface area contributed by atoms with Gasteiger partial charge in [-0.05, 0) is 49.5 Å². The van der Waals surface area contributed by atoms with Gasteiger partial charge in [-0.2, -0.15) is 0 Å². The number of likely N-dealkylation sites (tertiary alicyclic amines) is 1. The number of nitrogens with zero attached hydrogens (tertiary/aromatic N) is 1. The molecule has 0 radical (unpaired) electrons. The average molecular weight is 276 g/mol. The van der Waals surface area contributed by atoms with Crippen molar-refractivity contribution in [2.45, 2.75) is 39.2 Å². The van der Waals surface area contributed by atoms with Crippen LogP contribution < -0.4 is 10.5 Å². The fraction of sp³-hybridized carbons (Fsp3) is 0.647. The van der Waals surface area contributed by atoms with Gasteiger partial charge in [-0.15, -0.1) is 0 Å². The van der Waals surface area contributed by atoms with Crippen molar-refractivity contribution in [1.29, 1.82) is 0 Å². The summed E-state index contributed by atoms with van der Waals surface area (Å²) in [4.78, 5) is 2.53. The second kappa shape index (κ2) is 8.28. The first-order valence-electron chi connectivity index (χ1n) is 7.96. The molecule has 0 unspecified atom stereocenters. The first kappa shape index (κ1) is 15.3. The summed E-state index contributed by atoms with van der Waals surface area (Å²) in [7, 11) is 0. The third kappa shape index (κ3) is 4.80. The van der Waals surface area contributed by atoms with Gasteiger partial charge in [0.1, 0.15) is 12.4 Å². The summed E-state index contributed by atoms with van der Waals surface area (Å²) in [5, 5.41) is 0. The molecule has 0 aliphatic carbocycles. The van der Waals surface area contributed by atoms with Gasteiger partial charge < -0.3 is 10.5 Å². The van der Waals surface area contributed by atoms with Crippen LogP contribution in [0.2, 0.25) is 0 Å². The first-order chi connectivity index (χ1) is 9.81. The van der Waals surface area contributed by atoms with Gasteiger partial charge in [-0.25, -0.2) is 0 Å². The molecule has 1 heterocycles. The normalized spacial score (nSPS) is 17.3. The summed E-state index contributed by atoms with van der Waals surface area (Å²) >= 11 is 0. The van der Waals surface area contributed by atoms with Gasteiger partial charge in [-0.1, -0.05) is 31.9 Å². The molecule has 2 N–H and O–H groups in total. The summed E-state index contributed by atoms with van der Waals surface area (Å²) < 4.78 is 5.83. The van der Waals surface area contributed by atoms with E-state index in [1.54, 1.807) is 0 Å². The van der Waals surface area contributed by atoms with Crippen LogP contribution in [-0.4, -0.2) is 31.1 Å². The van der Waals surface area contributed by atoms with Crippen molar-refractivity contribution in [1.82, 2.24) is 4.90 Å². The van der Waals surface area contributed by atoms with Crippen molar-refractivity contribution in [3.05, 3.63) is 29.8 Å². The molecule has 3 heteroatoms. The molecule has 0 amide bonds. The van der Waals surface area contributed by atoms with Gasteiger partial charge in [0, 0.05) is 13.1 Å². The second-order valence-corrected chi connectivity index (χ2v) is 5.77. The highest BCUT2D eigenvalue weighted by Gasteiger charge is 2.17. The predicted molar refractivity (Wildman–Crippen MR) is 83.9 cm³/mol. The van der Waals surface area contributed by atoms with Crippen LogP contribution in [0.3, 0.4) is 0 Å². The highest BCUT2D eigenvalue weighted by atomic mass is 16.5. The van der Waals surface area contributed by atoms with Crippen LogP contribution in [-0.2, 0) is 6.54 Å². The molecule has 1 aliphatic heterocycles. The lowest BCUT2D eigenvalue weighted by Gasteiger charge is -2.31. The van der Waals surface area contributed by atoms with Crippen molar-refractivity contribution < 1.29 is 4.74 Å². The molecule has 0 aromatic heterocycles. The number of hydrogen-bond donors (Lipinski definition) is 1. The van der Waals surface area contributed by atoms with Crippen molar-refractivity contribution >= 4 is 0 Å². The molecule has 3 nitrogen and oxygen atoms in total. The zero-order valence-electron chi connectivity index (χ0n) is 12.7. The third-order valence-corrected chi connectivity index (χ3v) is 4.21. The highest BCUT2D eigenvalue weighted by molar-refractivity contribution is 5.28. The Morgan fingerprint density at radius 2 is 2.10 bits per heavy atom. The standard InChI is InChI=1S/C17H28N2O/c1-2-4-15-7-9-19(10-8-15)11-12-20-17-6-3-5-16(13-17)14-18/h3,5-6,13,15H,2,4,7-12,14,18H2,1H3. The summed E-state index contributed by atoms with van der Waals surface area (Å²) in [5.74, 6) is 1.90. The monoisotopic (exact) mass is 276 g/mol. The quantitative estimate of drug-likeness (QED) is 0.832. The smallest absolute Gasteiger partial charge is 0.119 e. The van der Waals surface area contributed by atoms with E-state index < -0.39 is 0 Å². The maximum atomic E-state index is 5.83. The molecule has 0 bridgehead atoms. The van der Waals surface area contributed by atoms with E-state index in [-0.39, 0.29) is 0 Å². The van der Waals surface area contributed by atoms with Gasteiger partial charge in [0.2, 0.25) is 0 Å². The lowest BCUT2D eigenvalue weighted by molar-refractivity contribution is 0.151. The Morgan fingerprint density at radius 3 is 2.80 bits per heavy atom. The highest BCUT2D eigenvalue weighted by Crippen LogP contribution is 2.21. The fourth-order valence-corrected chi connectivity index (χ4v) is 2.96. The first-order valence-corrected chi connectivity index (χ1v) is 7.96. The molecule has 1 aromatic carbocycles. The van der Waals surface area contributed by atoms with Crippen LogP contribution >= 0.6 is 0 Å². The van der Waals surface area contributed by atoms with E-state index in [2.05, 4.69) is 11.8 Å². The van der Waals surface area contributed by atoms with Crippen molar-refractivity contribution in [3.63, 3.8) is 0 Å². The Morgan fingerprint density at radius 1 is 1.30 bits per heavy atom.